The second-order valence-electron chi connectivity index (χ2n) is 5.45. The molecule has 3 rings (SSSR count). The summed E-state index contributed by atoms with van der Waals surface area (Å²) in [5.74, 6) is 0.482. The lowest BCUT2D eigenvalue weighted by Gasteiger charge is -2.09. The molecule has 1 aromatic heterocycles. The second kappa shape index (κ2) is 7.94. The SMILES string of the molecule is Cc1nnc(SCC(=O)Nc2ccc(F)cc2)n1Cc1ccccc1. The van der Waals surface area contributed by atoms with Gasteiger partial charge in [-0.2, -0.15) is 0 Å². The van der Waals surface area contributed by atoms with Crippen molar-refractivity contribution in [1.29, 1.82) is 0 Å². The molecule has 5 nitrogen and oxygen atoms in total. The van der Waals surface area contributed by atoms with E-state index in [4.69, 9.17) is 0 Å². The fourth-order valence-corrected chi connectivity index (χ4v) is 3.06. The Balaban J connectivity index is 1.61. The highest BCUT2D eigenvalue weighted by molar-refractivity contribution is 7.99. The van der Waals surface area contributed by atoms with Crippen LogP contribution in [-0.2, 0) is 11.3 Å². The highest BCUT2D eigenvalue weighted by Gasteiger charge is 2.12. The minimum Gasteiger partial charge on any atom is -0.325 e. The number of halogens is 1. The minimum atomic E-state index is -0.336. The van der Waals surface area contributed by atoms with E-state index in [1.54, 1.807) is 0 Å². The molecule has 1 amide bonds. The van der Waals surface area contributed by atoms with Gasteiger partial charge in [-0.25, -0.2) is 4.39 Å². The molecule has 128 valence electrons. The van der Waals surface area contributed by atoms with Crippen LogP contribution in [-0.4, -0.2) is 26.4 Å². The molecule has 0 atom stereocenters. The maximum Gasteiger partial charge on any atom is 0.234 e. The van der Waals surface area contributed by atoms with E-state index < -0.39 is 0 Å². The lowest BCUT2D eigenvalue weighted by Crippen LogP contribution is -2.14. The maximum absolute atomic E-state index is 12.9. The van der Waals surface area contributed by atoms with E-state index in [9.17, 15) is 9.18 Å². The van der Waals surface area contributed by atoms with Crippen molar-refractivity contribution in [2.45, 2.75) is 18.6 Å². The van der Waals surface area contributed by atoms with Crippen LogP contribution in [0.5, 0.6) is 0 Å². The topological polar surface area (TPSA) is 59.8 Å². The second-order valence-corrected chi connectivity index (χ2v) is 6.39. The van der Waals surface area contributed by atoms with Gasteiger partial charge in [0.05, 0.1) is 12.3 Å². The molecule has 0 saturated carbocycles. The summed E-state index contributed by atoms with van der Waals surface area (Å²) in [6.45, 7) is 2.54. The first-order valence-corrected chi connectivity index (χ1v) is 8.72. The average molecular weight is 356 g/mol. The number of aromatic nitrogens is 3. The van der Waals surface area contributed by atoms with Gasteiger partial charge in [0, 0.05) is 5.69 Å². The third-order valence-electron chi connectivity index (χ3n) is 3.55. The van der Waals surface area contributed by atoms with Crippen LogP contribution in [0, 0.1) is 12.7 Å². The average Bonchev–Trinajstić information content (AvgIpc) is 2.96. The Morgan fingerprint density at radius 1 is 1.12 bits per heavy atom. The Morgan fingerprint density at radius 3 is 2.56 bits per heavy atom. The summed E-state index contributed by atoms with van der Waals surface area (Å²) in [4.78, 5) is 12.1. The van der Waals surface area contributed by atoms with Crippen molar-refractivity contribution >= 4 is 23.4 Å². The summed E-state index contributed by atoms with van der Waals surface area (Å²) in [5, 5.41) is 11.7. The van der Waals surface area contributed by atoms with Crippen LogP contribution in [0.3, 0.4) is 0 Å². The molecule has 0 saturated heterocycles. The highest BCUT2D eigenvalue weighted by Crippen LogP contribution is 2.19. The summed E-state index contributed by atoms with van der Waals surface area (Å²) < 4.78 is 14.9. The van der Waals surface area contributed by atoms with Crippen molar-refractivity contribution in [3.05, 3.63) is 71.8 Å². The first-order valence-electron chi connectivity index (χ1n) is 7.74. The maximum atomic E-state index is 12.9. The van der Waals surface area contributed by atoms with E-state index in [1.165, 1.54) is 36.0 Å². The molecule has 0 aliphatic carbocycles. The molecule has 0 spiro atoms. The van der Waals surface area contributed by atoms with Crippen LogP contribution >= 0.6 is 11.8 Å². The van der Waals surface area contributed by atoms with Gasteiger partial charge < -0.3 is 9.88 Å². The zero-order chi connectivity index (χ0) is 17.6. The summed E-state index contributed by atoms with van der Waals surface area (Å²) in [7, 11) is 0. The number of rotatable bonds is 6. The van der Waals surface area contributed by atoms with Gasteiger partial charge in [-0.1, -0.05) is 42.1 Å². The Bertz CT molecular complexity index is 849. The monoisotopic (exact) mass is 356 g/mol. The van der Waals surface area contributed by atoms with E-state index in [1.807, 2.05) is 41.8 Å². The Hall–Kier alpha value is -2.67. The van der Waals surface area contributed by atoms with E-state index >= 15 is 0 Å². The molecule has 0 unspecified atom stereocenters. The fraction of sp³-hybridized carbons (Fsp3) is 0.167. The molecule has 2 aromatic carbocycles. The number of nitrogens with one attached hydrogen (secondary N) is 1. The van der Waals surface area contributed by atoms with Crippen molar-refractivity contribution in [3.8, 4) is 0 Å². The van der Waals surface area contributed by atoms with Gasteiger partial charge in [-0.3, -0.25) is 4.79 Å². The van der Waals surface area contributed by atoms with Gasteiger partial charge in [0.25, 0.3) is 0 Å². The third kappa shape index (κ3) is 4.67. The van der Waals surface area contributed by atoms with Gasteiger partial charge >= 0.3 is 0 Å². The number of anilines is 1. The number of nitrogens with zero attached hydrogens (tertiary/aromatic N) is 3. The first-order chi connectivity index (χ1) is 12.1. The van der Waals surface area contributed by atoms with Crippen LogP contribution in [0.4, 0.5) is 10.1 Å². The summed E-state index contributed by atoms with van der Waals surface area (Å²) in [5.41, 5.74) is 1.71. The Labute approximate surface area is 149 Å². The molecule has 1 N–H and O–H groups in total. The molecule has 0 bridgehead atoms. The van der Waals surface area contributed by atoms with Crippen molar-refractivity contribution < 1.29 is 9.18 Å². The summed E-state index contributed by atoms with van der Waals surface area (Å²) in [6.07, 6.45) is 0. The molecular weight excluding hydrogens is 339 g/mol. The zero-order valence-corrected chi connectivity index (χ0v) is 14.5. The molecule has 25 heavy (non-hydrogen) atoms. The van der Waals surface area contributed by atoms with Gasteiger partial charge in [0.15, 0.2) is 5.16 Å². The number of aryl methyl sites for hydroxylation is 1. The molecule has 7 heteroatoms. The largest absolute Gasteiger partial charge is 0.325 e. The Kier molecular flexibility index (Phi) is 5.45. The lowest BCUT2D eigenvalue weighted by atomic mass is 10.2. The van der Waals surface area contributed by atoms with Crippen molar-refractivity contribution in [2.75, 3.05) is 11.1 Å². The standard InChI is InChI=1S/C18H17FN4OS/c1-13-21-22-18(23(13)11-14-5-3-2-4-6-14)25-12-17(24)20-16-9-7-15(19)8-10-16/h2-10H,11-12H2,1H3,(H,20,24). The van der Waals surface area contributed by atoms with Crippen molar-refractivity contribution in [3.63, 3.8) is 0 Å². The molecule has 0 aliphatic heterocycles. The van der Waals surface area contributed by atoms with Gasteiger partial charge in [-0.15, -0.1) is 10.2 Å². The number of carbonyl (C=O) groups is 1. The van der Waals surface area contributed by atoms with Gasteiger partial charge in [-0.05, 0) is 36.8 Å². The van der Waals surface area contributed by atoms with E-state index in [-0.39, 0.29) is 17.5 Å². The van der Waals surface area contributed by atoms with Crippen LogP contribution in [0.15, 0.2) is 59.8 Å². The van der Waals surface area contributed by atoms with Gasteiger partial charge in [0.1, 0.15) is 11.6 Å². The first kappa shape index (κ1) is 17.2. The number of hydrogen-bond donors (Lipinski definition) is 1. The fourth-order valence-electron chi connectivity index (χ4n) is 2.28. The predicted molar refractivity (Wildman–Crippen MR) is 96.1 cm³/mol. The lowest BCUT2D eigenvalue weighted by molar-refractivity contribution is -0.113. The number of thioether (sulfide) groups is 1. The van der Waals surface area contributed by atoms with E-state index in [2.05, 4.69) is 15.5 Å². The molecule has 0 radical (unpaired) electrons. The normalized spacial score (nSPS) is 10.6. The predicted octanol–water partition coefficient (Wildman–Crippen LogP) is 3.50. The third-order valence-corrected chi connectivity index (χ3v) is 4.51. The van der Waals surface area contributed by atoms with Gasteiger partial charge in [0.2, 0.25) is 5.91 Å². The molecule has 3 aromatic rings. The quantitative estimate of drug-likeness (QED) is 0.687. The summed E-state index contributed by atoms with van der Waals surface area (Å²) in [6, 6.07) is 15.7. The van der Waals surface area contributed by atoms with E-state index in [0.717, 1.165) is 11.4 Å². The number of hydrogen-bond acceptors (Lipinski definition) is 4. The van der Waals surface area contributed by atoms with Crippen molar-refractivity contribution in [1.82, 2.24) is 14.8 Å². The summed E-state index contributed by atoms with van der Waals surface area (Å²) >= 11 is 1.32. The zero-order valence-electron chi connectivity index (χ0n) is 13.6. The number of benzene rings is 2. The number of carbonyl (C=O) groups excluding carboxylic acids is 1. The van der Waals surface area contributed by atoms with Crippen LogP contribution in [0.25, 0.3) is 0 Å². The molecular formula is C18H17FN4OS. The van der Waals surface area contributed by atoms with E-state index in [0.29, 0.717) is 17.4 Å². The highest BCUT2D eigenvalue weighted by atomic mass is 32.2. The number of amides is 1. The smallest absolute Gasteiger partial charge is 0.234 e. The van der Waals surface area contributed by atoms with Crippen LogP contribution in [0.2, 0.25) is 0 Å². The molecule has 1 heterocycles. The van der Waals surface area contributed by atoms with Crippen LogP contribution in [0.1, 0.15) is 11.4 Å². The molecule has 0 fully saturated rings. The van der Waals surface area contributed by atoms with Crippen LogP contribution < -0.4 is 5.32 Å². The molecule has 0 aliphatic rings. The Morgan fingerprint density at radius 2 is 1.84 bits per heavy atom. The van der Waals surface area contributed by atoms with Crippen molar-refractivity contribution in [2.24, 2.45) is 0 Å². The minimum absolute atomic E-state index is 0.177.